The molecule has 3 heteroatoms. The molecule has 0 saturated heterocycles. The molecule has 92 valence electrons. The Morgan fingerprint density at radius 1 is 1.18 bits per heavy atom. The Morgan fingerprint density at radius 2 is 1.82 bits per heavy atom. The van der Waals surface area contributed by atoms with E-state index in [1.807, 2.05) is 19.1 Å². The van der Waals surface area contributed by atoms with Crippen LogP contribution in [0.5, 0.6) is 0 Å². The van der Waals surface area contributed by atoms with E-state index in [-0.39, 0.29) is 0 Å². The van der Waals surface area contributed by atoms with Crippen LogP contribution in [0.25, 0.3) is 0 Å². The molecule has 0 bridgehead atoms. The van der Waals surface area contributed by atoms with Gasteiger partial charge in [0.05, 0.1) is 0 Å². The third-order valence-corrected chi connectivity index (χ3v) is 5.45. The van der Waals surface area contributed by atoms with Gasteiger partial charge in [-0.2, -0.15) is 0 Å². The van der Waals surface area contributed by atoms with Gasteiger partial charge in [-0.25, -0.2) is 8.78 Å². The SMILES string of the molecule is Cc1ccc(I)c2c1CC1(CCCC1)C2(F)F. The Hall–Kier alpha value is -0.190. The van der Waals surface area contributed by atoms with E-state index in [1.54, 1.807) is 0 Å². The van der Waals surface area contributed by atoms with Gasteiger partial charge in [0.25, 0.3) is 5.92 Å². The minimum Gasteiger partial charge on any atom is -0.201 e. The summed E-state index contributed by atoms with van der Waals surface area (Å²) in [4.78, 5) is 0. The lowest BCUT2D eigenvalue weighted by molar-refractivity contribution is -0.115. The summed E-state index contributed by atoms with van der Waals surface area (Å²) < 4.78 is 30.2. The van der Waals surface area contributed by atoms with Crippen LogP contribution in [0, 0.1) is 15.9 Å². The number of rotatable bonds is 0. The topological polar surface area (TPSA) is 0 Å². The Balaban J connectivity index is 2.22. The lowest BCUT2D eigenvalue weighted by Crippen LogP contribution is -2.33. The summed E-state index contributed by atoms with van der Waals surface area (Å²) in [6.07, 6.45) is 3.87. The van der Waals surface area contributed by atoms with Crippen molar-refractivity contribution in [2.24, 2.45) is 5.41 Å². The summed E-state index contributed by atoms with van der Waals surface area (Å²) in [5, 5.41) is 0. The molecule has 1 aromatic carbocycles. The lowest BCUT2D eigenvalue weighted by Gasteiger charge is -2.31. The molecule has 0 unspecified atom stereocenters. The summed E-state index contributed by atoms with van der Waals surface area (Å²) in [6.45, 7) is 1.96. The number of hydrogen-bond donors (Lipinski definition) is 0. The average molecular weight is 348 g/mol. The number of fused-ring (bicyclic) bond motifs is 1. The molecular formula is C14H15F2I. The van der Waals surface area contributed by atoms with Gasteiger partial charge < -0.3 is 0 Å². The predicted octanol–water partition coefficient (Wildman–Crippen LogP) is 4.81. The minimum atomic E-state index is -2.62. The average Bonchev–Trinajstić information content (AvgIpc) is 2.81. The first-order valence-electron chi connectivity index (χ1n) is 6.14. The fourth-order valence-electron chi connectivity index (χ4n) is 3.55. The molecule has 0 radical (unpaired) electrons. The molecule has 0 atom stereocenters. The molecule has 0 N–H and O–H groups in total. The van der Waals surface area contributed by atoms with Gasteiger partial charge in [-0.05, 0) is 66.0 Å². The van der Waals surface area contributed by atoms with E-state index in [0.717, 1.165) is 27.5 Å². The van der Waals surface area contributed by atoms with Crippen molar-refractivity contribution < 1.29 is 8.78 Å². The van der Waals surface area contributed by atoms with Crippen molar-refractivity contribution in [3.63, 3.8) is 0 Å². The molecule has 3 rings (SSSR count). The first-order chi connectivity index (χ1) is 7.98. The van der Waals surface area contributed by atoms with Crippen molar-refractivity contribution in [2.75, 3.05) is 0 Å². The number of hydrogen-bond acceptors (Lipinski definition) is 0. The zero-order chi connectivity index (χ0) is 12.3. The van der Waals surface area contributed by atoms with E-state index in [4.69, 9.17) is 0 Å². The summed E-state index contributed by atoms with van der Waals surface area (Å²) in [5.74, 6) is -2.62. The highest BCUT2D eigenvalue weighted by Gasteiger charge is 2.61. The summed E-state index contributed by atoms with van der Waals surface area (Å²) in [5.41, 5.74) is 1.52. The van der Waals surface area contributed by atoms with Gasteiger partial charge in [0.1, 0.15) is 0 Å². The highest BCUT2D eigenvalue weighted by molar-refractivity contribution is 14.1. The number of benzene rings is 1. The summed E-state index contributed by atoms with van der Waals surface area (Å²) in [7, 11) is 0. The van der Waals surface area contributed by atoms with Gasteiger partial charge in [0.2, 0.25) is 0 Å². The van der Waals surface area contributed by atoms with Gasteiger partial charge in [0, 0.05) is 14.5 Å². The van der Waals surface area contributed by atoms with Crippen molar-refractivity contribution in [1.82, 2.24) is 0 Å². The maximum absolute atomic E-state index is 14.7. The van der Waals surface area contributed by atoms with Crippen LogP contribution in [0.4, 0.5) is 8.78 Å². The Morgan fingerprint density at radius 3 is 2.41 bits per heavy atom. The second kappa shape index (κ2) is 3.65. The van der Waals surface area contributed by atoms with Crippen molar-refractivity contribution >= 4 is 22.6 Å². The first kappa shape index (κ1) is 11.9. The van der Waals surface area contributed by atoms with Gasteiger partial charge in [-0.15, -0.1) is 0 Å². The predicted molar refractivity (Wildman–Crippen MR) is 72.4 cm³/mol. The molecule has 2 aliphatic carbocycles. The molecule has 2 aliphatic rings. The van der Waals surface area contributed by atoms with Crippen molar-refractivity contribution in [1.29, 1.82) is 0 Å². The third kappa shape index (κ3) is 1.44. The van der Waals surface area contributed by atoms with Crippen molar-refractivity contribution in [2.45, 2.75) is 45.0 Å². The molecule has 0 amide bonds. The molecule has 0 aliphatic heterocycles. The van der Waals surface area contributed by atoms with Gasteiger partial charge in [-0.1, -0.05) is 18.9 Å². The molecule has 17 heavy (non-hydrogen) atoms. The van der Waals surface area contributed by atoms with E-state index < -0.39 is 11.3 Å². The smallest absolute Gasteiger partial charge is 0.201 e. The van der Waals surface area contributed by atoms with Gasteiger partial charge >= 0.3 is 0 Å². The van der Waals surface area contributed by atoms with E-state index in [0.29, 0.717) is 24.8 Å². The van der Waals surface area contributed by atoms with Crippen LogP contribution in [-0.4, -0.2) is 0 Å². The summed E-state index contributed by atoms with van der Waals surface area (Å²) in [6, 6.07) is 3.81. The molecule has 0 nitrogen and oxygen atoms in total. The van der Waals surface area contributed by atoms with Gasteiger partial charge in [0.15, 0.2) is 0 Å². The fraction of sp³-hybridized carbons (Fsp3) is 0.571. The number of aryl methyl sites for hydroxylation is 1. The Kier molecular flexibility index (Phi) is 2.55. The van der Waals surface area contributed by atoms with Crippen LogP contribution >= 0.6 is 22.6 Å². The Labute approximate surface area is 114 Å². The number of alkyl halides is 2. The number of halogens is 3. The van der Waals surface area contributed by atoms with Crippen molar-refractivity contribution in [3.8, 4) is 0 Å². The molecule has 0 aromatic heterocycles. The second-order valence-electron chi connectivity index (χ2n) is 5.46. The lowest BCUT2D eigenvalue weighted by atomic mass is 9.80. The minimum absolute atomic E-state index is 0.333. The van der Waals surface area contributed by atoms with Crippen LogP contribution in [0.15, 0.2) is 12.1 Å². The maximum atomic E-state index is 14.7. The second-order valence-corrected chi connectivity index (χ2v) is 6.62. The summed E-state index contributed by atoms with van der Waals surface area (Å²) >= 11 is 2.06. The van der Waals surface area contributed by atoms with Crippen LogP contribution in [0.1, 0.15) is 42.4 Å². The highest BCUT2D eigenvalue weighted by Crippen LogP contribution is 2.62. The van der Waals surface area contributed by atoms with Crippen LogP contribution in [-0.2, 0) is 12.3 Å². The van der Waals surface area contributed by atoms with E-state index >= 15 is 0 Å². The monoisotopic (exact) mass is 348 g/mol. The van der Waals surface area contributed by atoms with Crippen LogP contribution in [0.2, 0.25) is 0 Å². The van der Waals surface area contributed by atoms with E-state index in [1.165, 1.54) is 0 Å². The molecule has 1 saturated carbocycles. The molecule has 1 spiro atoms. The fourth-order valence-corrected chi connectivity index (χ4v) is 4.39. The van der Waals surface area contributed by atoms with Gasteiger partial charge in [-0.3, -0.25) is 0 Å². The normalized spacial score (nSPS) is 24.2. The van der Waals surface area contributed by atoms with Crippen molar-refractivity contribution in [3.05, 3.63) is 32.4 Å². The molecule has 0 heterocycles. The van der Waals surface area contributed by atoms with Crippen LogP contribution in [0.3, 0.4) is 0 Å². The van der Waals surface area contributed by atoms with Crippen LogP contribution < -0.4 is 0 Å². The zero-order valence-electron chi connectivity index (χ0n) is 9.82. The first-order valence-corrected chi connectivity index (χ1v) is 7.22. The van der Waals surface area contributed by atoms with E-state index in [9.17, 15) is 8.78 Å². The molecule has 1 aromatic rings. The maximum Gasteiger partial charge on any atom is 0.280 e. The standard InChI is InChI=1S/C14H15F2I/c1-9-4-5-11(17)12-10(9)8-13(14(12,15)16)6-2-3-7-13/h4-5H,2-3,6-8H2,1H3. The quantitative estimate of drug-likeness (QED) is 0.591. The third-order valence-electron chi connectivity index (χ3n) is 4.55. The van der Waals surface area contributed by atoms with E-state index in [2.05, 4.69) is 22.6 Å². The zero-order valence-corrected chi connectivity index (χ0v) is 12.0. The molecular weight excluding hydrogens is 333 g/mol. The highest BCUT2D eigenvalue weighted by atomic mass is 127. The Bertz CT molecular complexity index is 473. The largest absolute Gasteiger partial charge is 0.280 e. The molecule has 1 fully saturated rings.